The molecular formula is C30H66HgSn2. The van der Waals surface area contributed by atoms with E-state index in [1.165, 1.54) is 0 Å². The molecule has 0 unspecified atom stereocenters. The minimum Gasteiger partial charge on any atom is 0 e. The Bertz CT molecular complexity index is 372. The van der Waals surface area contributed by atoms with Gasteiger partial charge in [0, 0.05) is 27.7 Å². The maximum Gasteiger partial charge on any atom is 0 e. The van der Waals surface area contributed by atoms with Gasteiger partial charge in [0.2, 0.25) is 0 Å². The minimum absolute atomic E-state index is 0. The van der Waals surface area contributed by atoms with Crippen LogP contribution in [-0.4, -0.2) is 39.5 Å². The molecule has 0 amide bonds. The second kappa shape index (κ2) is 15.2. The van der Waals surface area contributed by atoms with E-state index in [0.29, 0.717) is 32.5 Å². The van der Waals surface area contributed by atoms with Gasteiger partial charge in [-0.15, -0.1) is 0 Å². The van der Waals surface area contributed by atoms with E-state index in [9.17, 15) is 0 Å². The van der Waals surface area contributed by atoms with E-state index in [1.807, 2.05) is 0 Å². The largest absolute Gasteiger partial charge is 0 e. The molecule has 33 heavy (non-hydrogen) atoms. The second-order valence-electron chi connectivity index (χ2n) is 17.9. The summed E-state index contributed by atoms with van der Waals surface area (Å²) in [5.74, 6) is 0. The Morgan fingerprint density at radius 1 is 0.273 bits per heavy atom. The molecule has 0 aromatic heterocycles. The maximum atomic E-state index is 2.42. The van der Waals surface area contributed by atoms with Gasteiger partial charge in [0.1, 0.15) is 0 Å². The van der Waals surface area contributed by atoms with Crippen molar-refractivity contribution < 1.29 is 27.7 Å². The molecule has 0 aliphatic carbocycles. The third-order valence-electron chi connectivity index (χ3n) is 4.68. The van der Waals surface area contributed by atoms with Gasteiger partial charge in [0.25, 0.3) is 0 Å². The van der Waals surface area contributed by atoms with Crippen LogP contribution >= 0.6 is 0 Å². The summed E-state index contributed by atoms with van der Waals surface area (Å²) in [6.07, 6.45) is 0. The molecule has 0 saturated carbocycles. The molecule has 0 atom stereocenters. The zero-order valence-corrected chi connectivity index (χ0v) is 38.2. The fraction of sp³-hybridized carbons (Fsp3) is 1.00. The van der Waals surface area contributed by atoms with Crippen molar-refractivity contribution in [1.82, 2.24) is 0 Å². The van der Waals surface area contributed by atoms with Crippen LogP contribution in [0, 0.1) is 32.5 Å². The maximum absolute atomic E-state index is 2.42. The SMILES string of the molecule is CC(C)(C)[CH2][Sn]([CH2]C(C)(C)C)[CH2]C(C)(C)C.CC(C)(C)[CH2][Sn]([CH2]C(C)(C)C)[CH2]C(C)(C)C.[Hg]. The van der Waals surface area contributed by atoms with E-state index in [4.69, 9.17) is 0 Å². The first-order chi connectivity index (χ1) is 13.6. The Hall–Kier alpha value is 2.53. The van der Waals surface area contributed by atoms with Gasteiger partial charge in [-0.05, 0) is 0 Å². The van der Waals surface area contributed by atoms with E-state index in [1.54, 1.807) is 26.6 Å². The first-order valence-electron chi connectivity index (χ1n) is 13.2. The first-order valence-corrected chi connectivity index (χ1v) is 25.4. The van der Waals surface area contributed by atoms with Crippen molar-refractivity contribution in [2.24, 2.45) is 32.5 Å². The molecule has 0 spiro atoms. The average Bonchev–Trinajstić information content (AvgIpc) is 2.24. The van der Waals surface area contributed by atoms with Crippen molar-refractivity contribution in [2.75, 3.05) is 0 Å². The molecule has 0 nitrogen and oxygen atoms in total. The van der Waals surface area contributed by atoms with Crippen LogP contribution in [0.5, 0.6) is 0 Å². The molecule has 0 fully saturated rings. The van der Waals surface area contributed by atoms with E-state index in [2.05, 4.69) is 125 Å². The molecule has 3 heteroatoms. The molecule has 0 aliphatic heterocycles. The summed E-state index contributed by atoms with van der Waals surface area (Å²) in [4.78, 5) is 0. The second-order valence-corrected chi connectivity index (χ2v) is 32.5. The van der Waals surface area contributed by atoms with Crippen molar-refractivity contribution in [3.63, 3.8) is 0 Å². The molecule has 0 bridgehead atoms. The molecule has 196 valence electrons. The summed E-state index contributed by atoms with van der Waals surface area (Å²) in [7, 11) is 0. The fourth-order valence-corrected chi connectivity index (χ4v) is 32.7. The summed E-state index contributed by atoms with van der Waals surface area (Å²) >= 11 is -2.44. The van der Waals surface area contributed by atoms with E-state index >= 15 is 0 Å². The first kappa shape index (κ1) is 40.0. The molecule has 0 aromatic rings. The van der Waals surface area contributed by atoms with E-state index in [0.717, 1.165) is 0 Å². The molecule has 0 aliphatic rings. The van der Waals surface area contributed by atoms with Crippen molar-refractivity contribution in [2.45, 2.75) is 151 Å². The molecule has 0 aromatic carbocycles. The zero-order chi connectivity index (χ0) is 26.4. The Labute approximate surface area is 248 Å². The Morgan fingerprint density at radius 2 is 0.364 bits per heavy atom. The van der Waals surface area contributed by atoms with Crippen LogP contribution in [0.15, 0.2) is 0 Å². The van der Waals surface area contributed by atoms with Crippen molar-refractivity contribution in [3.8, 4) is 0 Å². The van der Waals surface area contributed by atoms with Crippen LogP contribution in [0.3, 0.4) is 0 Å². The van der Waals surface area contributed by atoms with E-state index in [-0.39, 0.29) is 27.7 Å². The summed E-state index contributed by atoms with van der Waals surface area (Å²) in [6.45, 7) is 43.5. The minimum atomic E-state index is -1.22. The van der Waals surface area contributed by atoms with Crippen LogP contribution in [-0.2, 0) is 27.7 Å². The Morgan fingerprint density at radius 3 is 0.424 bits per heavy atom. The van der Waals surface area contributed by atoms with Gasteiger partial charge in [-0.25, -0.2) is 0 Å². The van der Waals surface area contributed by atoms with Gasteiger partial charge in [-0.2, -0.15) is 0 Å². The standard InChI is InChI=1S/6C5H11.Hg.2Sn/c6*1-5(2,3)4;;;/h6*1H2,2-4H3;;;. The summed E-state index contributed by atoms with van der Waals surface area (Å²) in [6, 6.07) is 0. The van der Waals surface area contributed by atoms with Gasteiger partial charge in [0.05, 0.1) is 0 Å². The van der Waals surface area contributed by atoms with Gasteiger partial charge >= 0.3 is 223 Å². The molecule has 0 saturated heterocycles. The smallest absolute Gasteiger partial charge is 0 e. The molecule has 2 radical (unpaired) electrons. The predicted molar refractivity (Wildman–Crippen MR) is 157 cm³/mol. The van der Waals surface area contributed by atoms with Crippen LogP contribution < -0.4 is 0 Å². The summed E-state index contributed by atoms with van der Waals surface area (Å²) in [5, 5.41) is 0. The molecular weight excluding hydrogens is 798 g/mol. The van der Waals surface area contributed by atoms with Crippen LogP contribution in [0.2, 0.25) is 26.6 Å². The van der Waals surface area contributed by atoms with Gasteiger partial charge in [0.15, 0.2) is 0 Å². The number of hydrogen-bond donors (Lipinski definition) is 0. The summed E-state index contributed by atoms with van der Waals surface area (Å²) < 4.78 is 9.27. The van der Waals surface area contributed by atoms with Crippen LogP contribution in [0.25, 0.3) is 0 Å². The quantitative estimate of drug-likeness (QED) is 0.233. The monoisotopic (exact) mass is 868 g/mol. The van der Waals surface area contributed by atoms with E-state index < -0.39 is 39.5 Å². The molecule has 0 rings (SSSR count). The molecule has 0 heterocycles. The van der Waals surface area contributed by atoms with Crippen molar-refractivity contribution >= 4 is 39.5 Å². The zero-order valence-electron chi connectivity index (χ0n) is 26.9. The van der Waals surface area contributed by atoms with Crippen LogP contribution in [0.1, 0.15) is 125 Å². The Kier molecular flexibility index (Phi) is 18.4. The topological polar surface area (TPSA) is 0 Å². The number of rotatable bonds is 6. The normalized spacial score (nSPS) is 14.2. The van der Waals surface area contributed by atoms with Crippen LogP contribution in [0.4, 0.5) is 0 Å². The third kappa shape index (κ3) is 34.5. The van der Waals surface area contributed by atoms with Crippen molar-refractivity contribution in [1.29, 1.82) is 0 Å². The Balaban J connectivity index is -0.000000529. The molecule has 0 N–H and O–H groups in total. The predicted octanol–water partition coefficient (Wildman–Crippen LogP) is 11.2. The van der Waals surface area contributed by atoms with Gasteiger partial charge in [-0.1, -0.05) is 0 Å². The fourth-order valence-electron chi connectivity index (χ4n) is 4.87. The summed E-state index contributed by atoms with van der Waals surface area (Å²) in [5.41, 5.74) is 3.28. The van der Waals surface area contributed by atoms with Crippen molar-refractivity contribution in [3.05, 3.63) is 0 Å². The third-order valence-corrected chi connectivity index (χ3v) is 31.4. The van der Waals surface area contributed by atoms with Gasteiger partial charge < -0.3 is 0 Å². The number of hydrogen-bond acceptors (Lipinski definition) is 0. The van der Waals surface area contributed by atoms with Gasteiger partial charge in [-0.3, -0.25) is 0 Å². The average molecular weight is 865 g/mol.